The summed E-state index contributed by atoms with van der Waals surface area (Å²) in [5.41, 5.74) is 3.48. The lowest BCUT2D eigenvalue weighted by Crippen LogP contribution is -2.07. The monoisotopic (exact) mass is 258 g/mol. The van der Waals surface area contributed by atoms with Crippen LogP contribution in [0.25, 0.3) is 11.0 Å². The highest BCUT2D eigenvalue weighted by Gasteiger charge is 2.04. The molecule has 0 unspecified atom stereocenters. The average Bonchev–Trinajstić information content (AvgIpc) is 2.93. The average molecular weight is 258 g/mol. The first-order valence-corrected chi connectivity index (χ1v) is 6.31. The minimum absolute atomic E-state index is 0.766. The fraction of sp³-hybridized carbons (Fsp3) is 0.231. The van der Waals surface area contributed by atoms with Crippen LogP contribution in [0, 0.1) is 11.7 Å². The van der Waals surface area contributed by atoms with Crippen molar-refractivity contribution in [2.75, 3.05) is 0 Å². The summed E-state index contributed by atoms with van der Waals surface area (Å²) in [6.07, 6.45) is 3.75. The van der Waals surface area contributed by atoms with Crippen LogP contribution in [0.3, 0.4) is 0 Å². The number of aryl methyl sites for hydroxylation is 3. The van der Waals surface area contributed by atoms with Crippen molar-refractivity contribution in [3.63, 3.8) is 0 Å². The van der Waals surface area contributed by atoms with Crippen molar-refractivity contribution in [2.45, 2.75) is 20.0 Å². The van der Waals surface area contributed by atoms with Crippen LogP contribution in [0.2, 0.25) is 0 Å². The van der Waals surface area contributed by atoms with E-state index in [1.165, 1.54) is 5.56 Å². The Bertz CT molecular complexity index is 721. The van der Waals surface area contributed by atoms with Gasteiger partial charge in [0.25, 0.3) is 0 Å². The molecule has 0 aliphatic rings. The fourth-order valence-electron chi connectivity index (χ4n) is 2.13. The summed E-state index contributed by atoms with van der Waals surface area (Å²) >= 11 is 5.37. The molecule has 0 aliphatic heterocycles. The Balaban J connectivity index is 1.96. The third kappa shape index (κ3) is 1.97. The first kappa shape index (κ1) is 11.2. The van der Waals surface area contributed by atoms with E-state index in [0.29, 0.717) is 0 Å². The maximum atomic E-state index is 5.37. The van der Waals surface area contributed by atoms with E-state index < -0.39 is 0 Å². The standard InChI is InChI=1S/C13H14N4S/c1-10-3-4-12-11(9-10)15-13(18)17(12)8-7-16-6-2-5-14-16/h2-6,9H,7-8H2,1H3,(H,15,18). The van der Waals surface area contributed by atoms with Gasteiger partial charge in [0.1, 0.15) is 0 Å². The quantitative estimate of drug-likeness (QED) is 0.734. The molecule has 4 nitrogen and oxygen atoms in total. The molecule has 3 aromatic rings. The minimum Gasteiger partial charge on any atom is -0.331 e. The van der Waals surface area contributed by atoms with E-state index >= 15 is 0 Å². The van der Waals surface area contributed by atoms with Crippen molar-refractivity contribution in [1.29, 1.82) is 0 Å². The van der Waals surface area contributed by atoms with E-state index in [1.54, 1.807) is 6.20 Å². The smallest absolute Gasteiger partial charge is 0.178 e. The van der Waals surface area contributed by atoms with Crippen molar-refractivity contribution in [1.82, 2.24) is 19.3 Å². The molecule has 0 bridgehead atoms. The molecule has 0 spiro atoms. The first-order chi connectivity index (χ1) is 8.74. The van der Waals surface area contributed by atoms with E-state index in [1.807, 2.05) is 16.9 Å². The van der Waals surface area contributed by atoms with E-state index in [-0.39, 0.29) is 0 Å². The molecule has 0 saturated heterocycles. The van der Waals surface area contributed by atoms with E-state index in [0.717, 1.165) is 28.9 Å². The molecular formula is C13H14N4S. The van der Waals surface area contributed by atoms with Gasteiger partial charge in [-0.15, -0.1) is 0 Å². The summed E-state index contributed by atoms with van der Waals surface area (Å²) in [7, 11) is 0. The van der Waals surface area contributed by atoms with Gasteiger partial charge in [0.2, 0.25) is 0 Å². The number of H-pyrrole nitrogens is 1. The van der Waals surface area contributed by atoms with Crippen molar-refractivity contribution < 1.29 is 0 Å². The van der Waals surface area contributed by atoms with Gasteiger partial charge in [0.05, 0.1) is 17.6 Å². The number of aromatic amines is 1. The summed E-state index contributed by atoms with van der Waals surface area (Å²) in [6, 6.07) is 8.27. The number of hydrogen-bond donors (Lipinski definition) is 1. The van der Waals surface area contributed by atoms with Gasteiger partial charge in [-0.25, -0.2) is 0 Å². The minimum atomic E-state index is 0.766. The molecule has 0 radical (unpaired) electrons. The topological polar surface area (TPSA) is 38.5 Å². The molecule has 0 fully saturated rings. The van der Waals surface area contributed by atoms with Gasteiger partial charge >= 0.3 is 0 Å². The van der Waals surface area contributed by atoms with Crippen LogP contribution in [0.4, 0.5) is 0 Å². The van der Waals surface area contributed by atoms with E-state index in [9.17, 15) is 0 Å². The molecule has 2 heterocycles. The normalized spacial score (nSPS) is 11.2. The molecule has 0 atom stereocenters. The number of imidazole rings is 1. The summed E-state index contributed by atoms with van der Waals surface area (Å²) in [4.78, 5) is 3.25. The van der Waals surface area contributed by atoms with Crippen LogP contribution in [0.5, 0.6) is 0 Å². The predicted molar refractivity (Wildman–Crippen MR) is 74.1 cm³/mol. The lowest BCUT2D eigenvalue weighted by atomic mass is 10.2. The van der Waals surface area contributed by atoms with Gasteiger partial charge in [-0.3, -0.25) is 4.68 Å². The number of nitrogens with zero attached hydrogens (tertiary/aromatic N) is 3. The molecule has 0 amide bonds. The highest BCUT2D eigenvalue weighted by Crippen LogP contribution is 2.15. The van der Waals surface area contributed by atoms with Crippen LogP contribution in [0.15, 0.2) is 36.7 Å². The Morgan fingerprint density at radius 1 is 1.33 bits per heavy atom. The second kappa shape index (κ2) is 4.42. The molecule has 1 aromatic carbocycles. The number of hydrogen-bond acceptors (Lipinski definition) is 2. The number of nitrogens with one attached hydrogen (secondary N) is 1. The Morgan fingerprint density at radius 3 is 3.00 bits per heavy atom. The van der Waals surface area contributed by atoms with Gasteiger partial charge in [0, 0.05) is 18.9 Å². The summed E-state index contributed by atoms with van der Waals surface area (Å²) in [5, 5.41) is 4.20. The van der Waals surface area contributed by atoms with Crippen molar-refractivity contribution in [2.24, 2.45) is 0 Å². The lowest BCUT2D eigenvalue weighted by Gasteiger charge is -2.05. The van der Waals surface area contributed by atoms with Gasteiger partial charge in [0.15, 0.2) is 4.77 Å². The van der Waals surface area contributed by atoms with Gasteiger partial charge in [-0.1, -0.05) is 6.07 Å². The summed E-state index contributed by atoms with van der Waals surface area (Å²) < 4.78 is 4.79. The number of fused-ring (bicyclic) bond motifs is 1. The molecule has 92 valence electrons. The highest BCUT2D eigenvalue weighted by atomic mass is 32.1. The van der Waals surface area contributed by atoms with Crippen LogP contribution in [0.1, 0.15) is 5.56 Å². The second-order valence-electron chi connectivity index (χ2n) is 4.37. The van der Waals surface area contributed by atoms with Crippen LogP contribution in [-0.4, -0.2) is 19.3 Å². The highest BCUT2D eigenvalue weighted by molar-refractivity contribution is 7.71. The van der Waals surface area contributed by atoms with Crippen molar-refractivity contribution in [3.05, 3.63) is 47.0 Å². The van der Waals surface area contributed by atoms with Crippen molar-refractivity contribution in [3.8, 4) is 0 Å². The largest absolute Gasteiger partial charge is 0.331 e. The van der Waals surface area contributed by atoms with Crippen molar-refractivity contribution >= 4 is 23.3 Å². The van der Waals surface area contributed by atoms with Gasteiger partial charge in [-0.05, 0) is 42.9 Å². The van der Waals surface area contributed by atoms with Crippen LogP contribution in [-0.2, 0) is 13.1 Å². The van der Waals surface area contributed by atoms with Gasteiger partial charge < -0.3 is 9.55 Å². The predicted octanol–water partition coefficient (Wildman–Crippen LogP) is 2.90. The maximum absolute atomic E-state index is 5.37. The first-order valence-electron chi connectivity index (χ1n) is 5.90. The zero-order chi connectivity index (χ0) is 12.5. The Labute approximate surface area is 110 Å². The maximum Gasteiger partial charge on any atom is 0.178 e. The zero-order valence-corrected chi connectivity index (χ0v) is 10.9. The van der Waals surface area contributed by atoms with Crippen LogP contribution < -0.4 is 0 Å². The lowest BCUT2D eigenvalue weighted by molar-refractivity contribution is 0.538. The number of rotatable bonds is 3. The Hall–Kier alpha value is -1.88. The molecule has 3 rings (SSSR count). The molecule has 5 heteroatoms. The van der Waals surface area contributed by atoms with E-state index in [2.05, 4.69) is 39.8 Å². The number of benzene rings is 1. The second-order valence-corrected chi connectivity index (χ2v) is 4.76. The van der Waals surface area contributed by atoms with E-state index in [4.69, 9.17) is 12.2 Å². The zero-order valence-electron chi connectivity index (χ0n) is 10.1. The SMILES string of the molecule is Cc1ccc2c(c1)[nH]c(=S)n2CCn1cccn1. The summed E-state index contributed by atoms with van der Waals surface area (Å²) in [6.45, 7) is 3.73. The number of aromatic nitrogens is 4. The Kier molecular flexibility index (Phi) is 2.76. The summed E-state index contributed by atoms with van der Waals surface area (Å²) in [5.74, 6) is 0. The molecule has 2 aromatic heterocycles. The Morgan fingerprint density at radius 2 is 2.22 bits per heavy atom. The third-order valence-electron chi connectivity index (χ3n) is 3.04. The molecule has 0 saturated carbocycles. The van der Waals surface area contributed by atoms with Gasteiger partial charge in [-0.2, -0.15) is 5.10 Å². The molecular weight excluding hydrogens is 244 g/mol. The van der Waals surface area contributed by atoms with Crippen LogP contribution >= 0.6 is 12.2 Å². The molecule has 0 aliphatic carbocycles. The third-order valence-corrected chi connectivity index (χ3v) is 3.36. The molecule has 18 heavy (non-hydrogen) atoms. The molecule has 1 N–H and O–H groups in total. The fourth-order valence-corrected chi connectivity index (χ4v) is 2.43.